The average molecular weight is 487 g/mol. The molecule has 2 heterocycles. The lowest BCUT2D eigenvalue weighted by atomic mass is 9.81. The fraction of sp³-hybridized carbons (Fsp3) is 0.448. The maximum atomic E-state index is 13.2. The highest BCUT2D eigenvalue weighted by molar-refractivity contribution is 6.23. The van der Waals surface area contributed by atoms with E-state index in [-0.39, 0.29) is 42.5 Å². The Balaban J connectivity index is 1.16. The van der Waals surface area contributed by atoms with Gasteiger partial charge in [0.05, 0.1) is 23.4 Å². The van der Waals surface area contributed by atoms with Crippen molar-refractivity contribution in [3.63, 3.8) is 0 Å². The number of carbonyl (C=O) groups excluding carboxylic acids is 4. The maximum absolute atomic E-state index is 13.2. The first-order valence-corrected chi connectivity index (χ1v) is 12.8. The van der Waals surface area contributed by atoms with Crippen molar-refractivity contribution < 1.29 is 23.9 Å². The summed E-state index contributed by atoms with van der Waals surface area (Å²) in [5.74, 6) is -0.615. The van der Waals surface area contributed by atoms with E-state index in [2.05, 4.69) is 0 Å². The molecule has 0 radical (unpaired) electrons. The van der Waals surface area contributed by atoms with Gasteiger partial charge in [-0.15, -0.1) is 0 Å². The molecule has 0 spiro atoms. The van der Waals surface area contributed by atoms with Crippen LogP contribution in [0.3, 0.4) is 0 Å². The van der Waals surface area contributed by atoms with E-state index in [1.165, 1.54) is 4.90 Å². The topological polar surface area (TPSA) is 84.0 Å². The van der Waals surface area contributed by atoms with Gasteiger partial charge in [0.1, 0.15) is 5.75 Å². The molecule has 2 aromatic rings. The molecule has 0 aromatic heterocycles. The summed E-state index contributed by atoms with van der Waals surface area (Å²) >= 11 is 0. The fourth-order valence-corrected chi connectivity index (χ4v) is 7.01. The fourth-order valence-electron chi connectivity index (χ4n) is 7.01. The summed E-state index contributed by atoms with van der Waals surface area (Å²) in [6.45, 7) is 6.06. The minimum Gasteiger partial charge on any atom is -0.426 e. The Kier molecular flexibility index (Phi) is 5.28. The van der Waals surface area contributed by atoms with Crippen LogP contribution in [0, 0.1) is 50.4 Å². The van der Waals surface area contributed by atoms with Crippen molar-refractivity contribution >= 4 is 35.1 Å². The third-order valence-corrected chi connectivity index (χ3v) is 8.53. The van der Waals surface area contributed by atoms with Gasteiger partial charge in [-0.05, 0) is 98.9 Å². The van der Waals surface area contributed by atoms with Gasteiger partial charge in [-0.1, -0.05) is 6.07 Å². The Morgan fingerprint density at radius 1 is 0.889 bits per heavy atom. The summed E-state index contributed by atoms with van der Waals surface area (Å²) in [5, 5.41) is 0. The Morgan fingerprint density at radius 3 is 2.14 bits per heavy atom. The second-order valence-corrected chi connectivity index (χ2v) is 11.0. The molecule has 4 aliphatic rings. The van der Waals surface area contributed by atoms with Gasteiger partial charge in [0.2, 0.25) is 17.7 Å². The molecule has 7 heteroatoms. The van der Waals surface area contributed by atoms with Gasteiger partial charge in [-0.2, -0.15) is 0 Å². The maximum Gasteiger partial charge on any atom is 0.316 e. The molecule has 4 fully saturated rings. The summed E-state index contributed by atoms with van der Waals surface area (Å²) in [4.78, 5) is 54.9. The molecule has 2 aliphatic heterocycles. The Morgan fingerprint density at radius 2 is 1.53 bits per heavy atom. The molecule has 0 unspecified atom stereocenters. The van der Waals surface area contributed by atoms with Crippen molar-refractivity contribution in [2.24, 2.45) is 29.6 Å². The van der Waals surface area contributed by atoms with Crippen molar-refractivity contribution in [3.05, 3.63) is 53.1 Å². The van der Waals surface area contributed by atoms with E-state index in [1.807, 2.05) is 39.0 Å². The van der Waals surface area contributed by atoms with Gasteiger partial charge in [-0.25, -0.2) is 4.90 Å². The van der Waals surface area contributed by atoms with Crippen molar-refractivity contribution in [1.29, 1.82) is 0 Å². The molecule has 2 saturated carbocycles. The van der Waals surface area contributed by atoms with E-state index in [1.54, 1.807) is 23.1 Å². The third kappa shape index (κ3) is 3.55. The number of esters is 1. The van der Waals surface area contributed by atoms with E-state index in [0.717, 1.165) is 36.1 Å². The number of amides is 3. The number of imide groups is 1. The number of fused-ring (bicyclic) bond motifs is 5. The highest BCUT2D eigenvalue weighted by Crippen LogP contribution is 2.56. The zero-order valence-corrected chi connectivity index (χ0v) is 20.8. The van der Waals surface area contributed by atoms with E-state index >= 15 is 0 Å². The van der Waals surface area contributed by atoms with Crippen LogP contribution in [0.2, 0.25) is 0 Å². The average Bonchev–Trinajstić information content (AvgIpc) is 3.58. The van der Waals surface area contributed by atoms with Gasteiger partial charge in [0, 0.05) is 18.7 Å². The van der Waals surface area contributed by atoms with Crippen LogP contribution in [0.4, 0.5) is 11.4 Å². The Labute approximate surface area is 210 Å². The second kappa shape index (κ2) is 8.29. The summed E-state index contributed by atoms with van der Waals surface area (Å²) in [6.07, 6.45) is 3.18. The minimum atomic E-state index is -0.560. The molecule has 2 bridgehead atoms. The Bertz CT molecular complexity index is 1270. The summed E-state index contributed by atoms with van der Waals surface area (Å²) in [7, 11) is 0. The molecule has 3 amide bonds. The molecule has 5 atom stereocenters. The molecule has 36 heavy (non-hydrogen) atoms. The number of benzene rings is 2. The van der Waals surface area contributed by atoms with Crippen molar-refractivity contribution in [2.75, 3.05) is 16.3 Å². The second-order valence-electron chi connectivity index (χ2n) is 11.0. The molecule has 2 saturated heterocycles. The standard InChI is InChI=1S/C29H30N2O5/c1-15-8-16(2)10-21(9-15)30-14-20(13-24(30)32)29(35)36-22-6-7-23(17(3)11-22)31-27(33)25-18-4-5-19(12-18)26(25)28(31)34/h6-11,18-20,25-26H,4-5,12-14H2,1-3H3/t18-,19+,20-,25-,26-/m0/s1. The van der Waals surface area contributed by atoms with Gasteiger partial charge in [-0.3, -0.25) is 19.2 Å². The smallest absolute Gasteiger partial charge is 0.316 e. The molecule has 2 aromatic carbocycles. The predicted molar refractivity (Wildman–Crippen MR) is 133 cm³/mol. The molecule has 6 rings (SSSR count). The molecular weight excluding hydrogens is 456 g/mol. The quantitative estimate of drug-likeness (QED) is 0.369. The van der Waals surface area contributed by atoms with Crippen LogP contribution < -0.4 is 14.5 Å². The lowest BCUT2D eigenvalue weighted by Crippen LogP contribution is -2.33. The monoisotopic (exact) mass is 486 g/mol. The van der Waals surface area contributed by atoms with Crippen LogP contribution in [-0.2, 0) is 19.2 Å². The zero-order valence-electron chi connectivity index (χ0n) is 20.8. The number of anilines is 2. The molecule has 7 nitrogen and oxygen atoms in total. The van der Waals surface area contributed by atoms with Gasteiger partial charge in [0.15, 0.2) is 0 Å². The summed E-state index contributed by atoms with van der Waals surface area (Å²) < 4.78 is 5.64. The first-order valence-electron chi connectivity index (χ1n) is 12.8. The number of carbonyl (C=O) groups is 4. The predicted octanol–water partition coefficient (Wildman–Crippen LogP) is 4.11. The third-order valence-electron chi connectivity index (χ3n) is 8.53. The molecule has 0 N–H and O–H groups in total. The number of hydrogen-bond acceptors (Lipinski definition) is 5. The van der Waals surface area contributed by atoms with Gasteiger partial charge < -0.3 is 9.64 Å². The lowest BCUT2D eigenvalue weighted by molar-refractivity contribution is -0.139. The number of ether oxygens (including phenoxy) is 1. The summed E-state index contributed by atoms with van der Waals surface area (Å²) in [5.41, 5.74) is 4.19. The van der Waals surface area contributed by atoms with Crippen LogP contribution >= 0.6 is 0 Å². The van der Waals surface area contributed by atoms with Crippen molar-refractivity contribution in [3.8, 4) is 5.75 Å². The van der Waals surface area contributed by atoms with Crippen LogP contribution in [0.5, 0.6) is 5.75 Å². The molecular formula is C29H30N2O5. The number of hydrogen-bond donors (Lipinski definition) is 0. The lowest BCUT2D eigenvalue weighted by Gasteiger charge is -2.20. The van der Waals surface area contributed by atoms with Gasteiger partial charge in [0.25, 0.3) is 0 Å². The normalized spacial score (nSPS) is 28.9. The largest absolute Gasteiger partial charge is 0.426 e. The van der Waals surface area contributed by atoms with E-state index in [4.69, 9.17) is 4.74 Å². The summed E-state index contributed by atoms with van der Waals surface area (Å²) in [6, 6.07) is 10.9. The minimum absolute atomic E-state index is 0.0824. The first-order chi connectivity index (χ1) is 17.2. The van der Waals surface area contributed by atoms with Crippen LogP contribution in [0.15, 0.2) is 36.4 Å². The first kappa shape index (κ1) is 23.0. The van der Waals surface area contributed by atoms with Gasteiger partial charge >= 0.3 is 5.97 Å². The van der Waals surface area contributed by atoms with E-state index in [9.17, 15) is 19.2 Å². The van der Waals surface area contributed by atoms with Crippen LogP contribution in [0.1, 0.15) is 42.4 Å². The molecule has 186 valence electrons. The Hall–Kier alpha value is -3.48. The van der Waals surface area contributed by atoms with Crippen LogP contribution in [-0.4, -0.2) is 30.2 Å². The highest BCUT2D eigenvalue weighted by atomic mass is 16.5. The van der Waals surface area contributed by atoms with E-state index in [0.29, 0.717) is 28.8 Å². The number of rotatable bonds is 4. The van der Waals surface area contributed by atoms with E-state index < -0.39 is 11.9 Å². The zero-order chi connectivity index (χ0) is 25.3. The number of nitrogens with zero attached hydrogens (tertiary/aromatic N) is 2. The molecule has 2 aliphatic carbocycles. The van der Waals surface area contributed by atoms with Crippen molar-refractivity contribution in [1.82, 2.24) is 0 Å². The SMILES string of the molecule is Cc1cc(C)cc(N2C[C@@H](C(=O)Oc3ccc(N4C(=O)[C@H]5[C@@H]6CC[C@@H](C6)[C@@H]5C4=O)c(C)c3)CC2=O)c1. The van der Waals surface area contributed by atoms with Crippen LogP contribution in [0.25, 0.3) is 0 Å². The highest BCUT2D eigenvalue weighted by Gasteiger charge is 2.61. The van der Waals surface area contributed by atoms with Crippen molar-refractivity contribution in [2.45, 2.75) is 46.5 Å². The number of aryl methyl sites for hydroxylation is 3.